The molecule has 12 heavy (non-hydrogen) atoms. The molecule has 2 aliphatic rings. The minimum Gasteiger partial charge on any atom is -0.278 e. The molecule has 2 fully saturated rings. The van der Waals surface area contributed by atoms with Crippen LogP contribution in [0.3, 0.4) is 0 Å². The van der Waals surface area contributed by atoms with Crippen molar-refractivity contribution in [2.24, 2.45) is 4.99 Å². The van der Waals surface area contributed by atoms with Crippen LogP contribution in [0.1, 0.15) is 26.2 Å². The molecule has 0 aromatic heterocycles. The standard InChI is InChI=1S/C9H17N3/c1-2-10-9-5-3-8-12(9)11-6-4-7-11/h2,9H,3-8H2,1H3. The van der Waals surface area contributed by atoms with Crippen molar-refractivity contribution in [2.45, 2.75) is 32.4 Å². The van der Waals surface area contributed by atoms with Crippen molar-refractivity contribution in [3.63, 3.8) is 0 Å². The Labute approximate surface area is 74.0 Å². The second-order valence-corrected chi connectivity index (χ2v) is 3.50. The van der Waals surface area contributed by atoms with Crippen LogP contribution in [-0.2, 0) is 0 Å². The Morgan fingerprint density at radius 1 is 1.25 bits per heavy atom. The summed E-state index contributed by atoms with van der Waals surface area (Å²) in [6, 6.07) is 0. The molecular weight excluding hydrogens is 150 g/mol. The normalized spacial score (nSPS) is 32.9. The van der Waals surface area contributed by atoms with Crippen molar-refractivity contribution >= 4 is 6.21 Å². The van der Waals surface area contributed by atoms with Crippen molar-refractivity contribution < 1.29 is 0 Å². The van der Waals surface area contributed by atoms with E-state index < -0.39 is 0 Å². The molecule has 3 nitrogen and oxygen atoms in total. The fourth-order valence-corrected chi connectivity index (χ4v) is 1.94. The van der Waals surface area contributed by atoms with Gasteiger partial charge in [0.05, 0.1) is 0 Å². The van der Waals surface area contributed by atoms with Crippen LogP contribution in [-0.4, -0.2) is 42.0 Å². The minimum absolute atomic E-state index is 0.454. The predicted octanol–water partition coefficient (Wildman–Crippen LogP) is 1.12. The smallest absolute Gasteiger partial charge is 0.114 e. The van der Waals surface area contributed by atoms with Crippen molar-refractivity contribution in [3.8, 4) is 0 Å². The molecule has 0 N–H and O–H groups in total. The molecule has 0 bridgehead atoms. The summed E-state index contributed by atoms with van der Waals surface area (Å²) < 4.78 is 0. The van der Waals surface area contributed by atoms with E-state index >= 15 is 0 Å². The molecule has 0 amide bonds. The molecule has 1 unspecified atom stereocenters. The van der Waals surface area contributed by atoms with Crippen molar-refractivity contribution in [2.75, 3.05) is 19.6 Å². The van der Waals surface area contributed by atoms with Gasteiger partial charge in [0.1, 0.15) is 6.17 Å². The molecule has 0 aliphatic carbocycles. The molecule has 2 heterocycles. The van der Waals surface area contributed by atoms with E-state index in [4.69, 9.17) is 0 Å². The number of hydrazine groups is 1. The van der Waals surface area contributed by atoms with E-state index in [1.54, 1.807) is 0 Å². The summed E-state index contributed by atoms with van der Waals surface area (Å²) in [5.41, 5.74) is 0. The topological polar surface area (TPSA) is 18.8 Å². The number of nitrogens with zero attached hydrogens (tertiary/aromatic N) is 3. The largest absolute Gasteiger partial charge is 0.278 e. The summed E-state index contributed by atoms with van der Waals surface area (Å²) in [6.45, 7) is 5.71. The monoisotopic (exact) mass is 167 g/mol. The molecule has 0 aromatic rings. The maximum Gasteiger partial charge on any atom is 0.114 e. The van der Waals surface area contributed by atoms with Gasteiger partial charge in [-0.05, 0) is 32.4 Å². The molecule has 0 saturated carbocycles. The SMILES string of the molecule is CC=NC1CCCN1N1CCC1. The second kappa shape index (κ2) is 3.54. The summed E-state index contributed by atoms with van der Waals surface area (Å²) in [6.07, 6.45) is 6.29. The lowest BCUT2D eigenvalue weighted by Gasteiger charge is -2.40. The summed E-state index contributed by atoms with van der Waals surface area (Å²) in [4.78, 5) is 4.47. The van der Waals surface area contributed by atoms with Gasteiger partial charge >= 0.3 is 0 Å². The van der Waals surface area contributed by atoms with Crippen molar-refractivity contribution in [3.05, 3.63) is 0 Å². The maximum absolute atomic E-state index is 4.47. The zero-order valence-corrected chi connectivity index (χ0v) is 7.74. The number of hydrogen-bond acceptors (Lipinski definition) is 3. The van der Waals surface area contributed by atoms with Gasteiger partial charge in [-0.2, -0.15) is 0 Å². The van der Waals surface area contributed by atoms with E-state index in [2.05, 4.69) is 15.0 Å². The molecule has 2 rings (SSSR count). The minimum atomic E-state index is 0.454. The highest BCUT2D eigenvalue weighted by atomic mass is 15.7. The molecule has 2 saturated heterocycles. The lowest BCUT2D eigenvalue weighted by molar-refractivity contribution is -0.0794. The molecule has 3 heteroatoms. The van der Waals surface area contributed by atoms with Gasteiger partial charge < -0.3 is 0 Å². The summed E-state index contributed by atoms with van der Waals surface area (Å²) >= 11 is 0. The van der Waals surface area contributed by atoms with E-state index in [1.807, 2.05) is 13.1 Å². The molecule has 0 radical (unpaired) electrons. The van der Waals surface area contributed by atoms with Crippen LogP contribution < -0.4 is 0 Å². The zero-order valence-electron chi connectivity index (χ0n) is 7.74. The van der Waals surface area contributed by atoms with Gasteiger partial charge in [0.2, 0.25) is 0 Å². The zero-order chi connectivity index (χ0) is 8.39. The Hall–Kier alpha value is -0.410. The van der Waals surface area contributed by atoms with Crippen LogP contribution >= 0.6 is 0 Å². The van der Waals surface area contributed by atoms with Crippen molar-refractivity contribution in [1.29, 1.82) is 0 Å². The number of rotatable bonds is 2. The molecule has 1 atom stereocenters. The highest BCUT2D eigenvalue weighted by Gasteiger charge is 2.31. The first-order chi connectivity index (χ1) is 5.92. The van der Waals surface area contributed by atoms with Gasteiger partial charge in [0, 0.05) is 19.6 Å². The van der Waals surface area contributed by atoms with Crippen LogP contribution in [0.25, 0.3) is 0 Å². The van der Waals surface area contributed by atoms with Crippen LogP contribution in [0.4, 0.5) is 0 Å². The van der Waals surface area contributed by atoms with Crippen LogP contribution in [0.2, 0.25) is 0 Å². The third-order valence-corrected chi connectivity index (χ3v) is 2.71. The first-order valence-electron chi connectivity index (χ1n) is 4.91. The summed E-state index contributed by atoms with van der Waals surface area (Å²) in [5.74, 6) is 0. The molecule has 0 spiro atoms. The van der Waals surface area contributed by atoms with E-state index in [1.165, 1.54) is 38.9 Å². The summed E-state index contributed by atoms with van der Waals surface area (Å²) in [7, 11) is 0. The Kier molecular flexibility index (Phi) is 2.42. The number of aliphatic imine (C=N–C) groups is 1. The Morgan fingerprint density at radius 3 is 2.67 bits per heavy atom. The molecule has 2 aliphatic heterocycles. The highest BCUT2D eigenvalue weighted by Crippen LogP contribution is 2.23. The van der Waals surface area contributed by atoms with Gasteiger partial charge in [-0.1, -0.05) is 0 Å². The second-order valence-electron chi connectivity index (χ2n) is 3.50. The van der Waals surface area contributed by atoms with Crippen molar-refractivity contribution in [1.82, 2.24) is 10.0 Å². The highest BCUT2D eigenvalue weighted by molar-refractivity contribution is 5.53. The van der Waals surface area contributed by atoms with Gasteiger partial charge in [-0.15, -0.1) is 0 Å². The molecule has 68 valence electrons. The van der Waals surface area contributed by atoms with E-state index in [0.717, 1.165) is 0 Å². The number of hydrogen-bond donors (Lipinski definition) is 0. The molecule has 0 aromatic carbocycles. The van der Waals surface area contributed by atoms with E-state index in [0.29, 0.717) is 6.17 Å². The average Bonchev–Trinajstić information content (AvgIpc) is 2.35. The van der Waals surface area contributed by atoms with Gasteiger partial charge in [-0.3, -0.25) is 4.99 Å². The summed E-state index contributed by atoms with van der Waals surface area (Å²) in [5, 5.41) is 4.87. The van der Waals surface area contributed by atoms with Crippen LogP contribution in [0.5, 0.6) is 0 Å². The average molecular weight is 167 g/mol. The fraction of sp³-hybridized carbons (Fsp3) is 0.889. The maximum atomic E-state index is 4.47. The van der Waals surface area contributed by atoms with Gasteiger partial charge in [-0.25, -0.2) is 10.0 Å². The predicted molar refractivity (Wildman–Crippen MR) is 50.1 cm³/mol. The first-order valence-corrected chi connectivity index (χ1v) is 4.91. The fourth-order valence-electron chi connectivity index (χ4n) is 1.94. The van der Waals surface area contributed by atoms with Gasteiger partial charge in [0.25, 0.3) is 0 Å². The Balaban J connectivity index is 1.93. The Bertz CT molecular complexity index is 175. The molecular formula is C9H17N3. The van der Waals surface area contributed by atoms with Crippen LogP contribution in [0, 0.1) is 0 Å². The lowest BCUT2D eigenvalue weighted by Crippen LogP contribution is -2.52. The van der Waals surface area contributed by atoms with Crippen LogP contribution in [0.15, 0.2) is 4.99 Å². The van der Waals surface area contributed by atoms with E-state index in [9.17, 15) is 0 Å². The lowest BCUT2D eigenvalue weighted by atomic mass is 10.3. The quantitative estimate of drug-likeness (QED) is 0.574. The van der Waals surface area contributed by atoms with Gasteiger partial charge in [0.15, 0.2) is 0 Å². The first kappa shape index (κ1) is 8.20. The Morgan fingerprint density at radius 2 is 2.08 bits per heavy atom. The third kappa shape index (κ3) is 1.39. The third-order valence-electron chi connectivity index (χ3n) is 2.71. The van der Waals surface area contributed by atoms with E-state index in [-0.39, 0.29) is 0 Å².